The Hall–Kier alpha value is -0.130. The van der Waals surface area contributed by atoms with E-state index >= 15 is 0 Å². The second kappa shape index (κ2) is 7.04. The lowest BCUT2D eigenvalue weighted by atomic mass is 9.85. The SMILES string of the molecule is CC(NS(=O)(=O)CCCNC1CC1)C1CCCCC1. The van der Waals surface area contributed by atoms with Crippen LogP contribution in [0.25, 0.3) is 0 Å². The molecule has 4 nitrogen and oxygen atoms in total. The molecule has 5 heteroatoms. The van der Waals surface area contributed by atoms with Gasteiger partial charge in [-0.1, -0.05) is 19.3 Å². The van der Waals surface area contributed by atoms with Gasteiger partial charge in [0.2, 0.25) is 10.0 Å². The molecule has 2 aliphatic carbocycles. The summed E-state index contributed by atoms with van der Waals surface area (Å²) in [6.45, 7) is 2.85. The van der Waals surface area contributed by atoms with Crippen molar-refractivity contribution >= 4 is 10.0 Å². The van der Waals surface area contributed by atoms with Crippen LogP contribution in [-0.4, -0.2) is 32.8 Å². The molecule has 2 N–H and O–H groups in total. The van der Waals surface area contributed by atoms with Gasteiger partial charge in [0.25, 0.3) is 0 Å². The van der Waals surface area contributed by atoms with E-state index in [4.69, 9.17) is 0 Å². The average Bonchev–Trinajstić information content (AvgIpc) is 3.19. The van der Waals surface area contributed by atoms with Crippen LogP contribution >= 0.6 is 0 Å². The molecule has 112 valence electrons. The van der Waals surface area contributed by atoms with Crippen LogP contribution < -0.4 is 10.0 Å². The first-order valence-electron chi connectivity index (χ1n) is 7.80. The van der Waals surface area contributed by atoms with E-state index in [1.54, 1.807) is 0 Å². The van der Waals surface area contributed by atoms with Crippen LogP contribution in [0, 0.1) is 5.92 Å². The molecule has 0 aromatic carbocycles. The Morgan fingerprint density at radius 1 is 1.11 bits per heavy atom. The normalized spacial score (nSPS) is 23.4. The zero-order valence-corrected chi connectivity index (χ0v) is 12.8. The molecule has 1 unspecified atom stereocenters. The topological polar surface area (TPSA) is 58.2 Å². The molecule has 2 fully saturated rings. The third-order valence-corrected chi connectivity index (χ3v) is 5.88. The van der Waals surface area contributed by atoms with Gasteiger partial charge in [-0.15, -0.1) is 0 Å². The number of sulfonamides is 1. The fraction of sp³-hybridized carbons (Fsp3) is 1.00. The Kier molecular flexibility index (Phi) is 5.66. The highest BCUT2D eigenvalue weighted by Crippen LogP contribution is 2.26. The maximum absolute atomic E-state index is 12.0. The van der Waals surface area contributed by atoms with E-state index in [0.717, 1.165) is 6.54 Å². The summed E-state index contributed by atoms with van der Waals surface area (Å²) in [7, 11) is -3.10. The van der Waals surface area contributed by atoms with E-state index in [9.17, 15) is 8.42 Å². The molecule has 0 aromatic heterocycles. The van der Waals surface area contributed by atoms with Gasteiger partial charge in [0.1, 0.15) is 0 Å². The number of rotatable bonds is 8. The van der Waals surface area contributed by atoms with Gasteiger partial charge >= 0.3 is 0 Å². The molecule has 0 saturated heterocycles. The van der Waals surface area contributed by atoms with Crippen molar-refractivity contribution in [2.45, 2.75) is 70.4 Å². The second-order valence-corrected chi connectivity index (χ2v) is 8.08. The van der Waals surface area contributed by atoms with Crippen LogP contribution in [0.3, 0.4) is 0 Å². The lowest BCUT2D eigenvalue weighted by molar-refractivity contribution is 0.303. The first-order valence-corrected chi connectivity index (χ1v) is 9.45. The molecule has 0 bridgehead atoms. The summed E-state index contributed by atoms with van der Waals surface area (Å²) in [5.41, 5.74) is 0. The van der Waals surface area contributed by atoms with E-state index < -0.39 is 10.0 Å². The fourth-order valence-corrected chi connectivity index (χ4v) is 4.33. The van der Waals surface area contributed by atoms with E-state index in [1.807, 2.05) is 6.92 Å². The van der Waals surface area contributed by atoms with E-state index in [-0.39, 0.29) is 11.8 Å². The van der Waals surface area contributed by atoms with Crippen molar-refractivity contribution in [3.05, 3.63) is 0 Å². The fourth-order valence-electron chi connectivity index (χ4n) is 2.93. The Balaban J connectivity index is 1.65. The minimum absolute atomic E-state index is 0.0988. The summed E-state index contributed by atoms with van der Waals surface area (Å²) in [4.78, 5) is 0. The average molecular weight is 288 g/mol. The number of hydrogen-bond acceptors (Lipinski definition) is 3. The molecule has 2 aliphatic rings. The molecule has 0 heterocycles. The molecular weight excluding hydrogens is 260 g/mol. The van der Waals surface area contributed by atoms with Crippen molar-refractivity contribution < 1.29 is 8.42 Å². The van der Waals surface area contributed by atoms with Gasteiger partial charge < -0.3 is 5.32 Å². The molecule has 0 aromatic rings. The standard InChI is InChI=1S/C14H28N2O2S/c1-12(13-6-3-2-4-7-13)16-19(17,18)11-5-10-15-14-8-9-14/h12-16H,2-11H2,1H3. The van der Waals surface area contributed by atoms with Gasteiger partial charge in [-0.3, -0.25) is 0 Å². The van der Waals surface area contributed by atoms with Gasteiger partial charge in [-0.05, 0) is 51.5 Å². The molecule has 0 spiro atoms. The van der Waals surface area contributed by atoms with Gasteiger partial charge in [0.15, 0.2) is 0 Å². The summed E-state index contributed by atoms with van der Waals surface area (Å²) in [5.74, 6) is 0.789. The minimum Gasteiger partial charge on any atom is -0.314 e. The molecule has 0 radical (unpaired) electrons. The van der Waals surface area contributed by atoms with Crippen LogP contribution in [0.1, 0.15) is 58.3 Å². The maximum Gasteiger partial charge on any atom is 0.211 e. The molecule has 1 atom stereocenters. The minimum atomic E-state index is -3.10. The van der Waals surface area contributed by atoms with Crippen molar-refractivity contribution in [2.24, 2.45) is 5.92 Å². The largest absolute Gasteiger partial charge is 0.314 e. The monoisotopic (exact) mass is 288 g/mol. The van der Waals surface area contributed by atoms with Gasteiger partial charge in [-0.25, -0.2) is 13.1 Å². The van der Waals surface area contributed by atoms with Crippen LogP contribution in [0.5, 0.6) is 0 Å². The number of hydrogen-bond donors (Lipinski definition) is 2. The lowest BCUT2D eigenvalue weighted by Gasteiger charge is -2.28. The third kappa shape index (κ3) is 5.79. The van der Waals surface area contributed by atoms with Crippen molar-refractivity contribution in [3.63, 3.8) is 0 Å². The first-order chi connectivity index (χ1) is 9.07. The Labute approximate surface area is 117 Å². The quantitative estimate of drug-likeness (QED) is 0.672. The van der Waals surface area contributed by atoms with Crippen LogP contribution in [0.15, 0.2) is 0 Å². The molecule has 19 heavy (non-hydrogen) atoms. The van der Waals surface area contributed by atoms with Crippen molar-refractivity contribution in [3.8, 4) is 0 Å². The molecule has 2 saturated carbocycles. The van der Waals surface area contributed by atoms with Gasteiger partial charge in [-0.2, -0.15) is 0 Å². The summed E-state index contributed by atoms with van der Waals surface area (Å²) in [6, 6.07) is 0.763. The summed E-state index contributed by atoms with van der Waals surface area (Å²) < 4.78 is 26.9. The zero-order valence-electron chi connectivity index (χ0n) is 12.0. The lowest BCUT2D eigenvalue weighted by Crippen LogP contribution is -2.40. The Morgan fingerprint density at radius 2 is 1.79 bits per heavy atom. The predicted molar refractivity (Wildman–Crippen MR) is 78.6 cm³/mol. The highest BCUT2D eigenvalue weighted by atomic mass is 32.2. The van der Waals surface area contributed by atoms with E-state index in [1.165, 1.54) is 44.9 Å². The smallest absolute Gasteiger partial charge is 0.211 e. The second-order valence-electron chi connectivity index (χ2n) is 6.21. The summed E-state index contributed by atoms with van der Waals surface area (Å²) in [6.07, 6.45) is 9.38. The number of nitrogens with one attached hydrogen (secondary N) is 2. The molecular formula is C14H28N2O2S. The van der Waals surface area contributed by atoms with Gasteiger partial charge in [0.05, 0.1) is 5.75 Å². The zero-order chi connectivity index (χ0) is 13.7. The predicted octanol–water partition coefficient (Wildman–Crippen LogP) is 2.02. The maximum atomic E-state index is 12.0. The van der Waals surface area contributed by atoms with Crippen molar-refractivity contribution in [1.29, 1.82) is 0 Å². The van der Waals surface area contributed by atoms with E-state index in [2.05, 4.69) is 10.0 Å². The Morgan fingerprint density at radius 3 is 2.42 bits per heavy atom. The van der Waals surface area contributed by atoms with Crippen molar-refractivity contribution in [2.75, 3.05) is 12.3 Å². The van der Waals surface area contributed by atoms with Crippen LogP contribution in [0.4, 0.5) is 0 Å². The first kappa shape index (κ1) is 15.3. The third-order valence-electron chi connectivity index (χ3n) is 4.32. The molecule has 0 amide bonds. The Bertz CT molecular complexity index is 360. The highest BCUT2D eigenvalue weighted by Gasteiger charge is 2.24. The van der Waals surface area contributed by atoms with Gasteiger partial charge in [0, 0.05) is 12.1 Å². The highest BCUT2D eigenvalue weighted by molar-refractivity contribution is 7.89. The van der Waals surface area contributed by atoms with E-state index in [0.29, 0.717) is 18.4 Å². The summed E-state index contributed by atoms with van der Waals surface area (Å²) in [5, 5.41) is 3.35. The van der Waals surface area contributed by atoms with Crippen LogP contribution in [-0.2, 0) is 10.0 Å². The summed E-state index contributed by atoms with van der Waals surface area (Å²) >= 11 is 0. The molecule has 0 aliphatic heterocycles. The van der Waals surface area contributed by atoms with Crippen LogP contribution in [0.2, 0.25) is 0 Å². The van der Waals surface area contributed by atoms with Crippen molar-refractivity contribution in [1.82, 2.24) is 10.0 Å². The molecule has 2 rings (SSSR count).